The van der Waals surface area contributed by atoms with E-state index < -0.39 is 0 Å². The Labute approximate surface area is 73.3 Å². The highest BCUT2D eigenvalue weighted by Gasteiger charge is 2.11. The van der Waals surface area contributed by atoms with Crippen molar-refractivity contribution in [3.63, 3.8) is 0 Å². The summed E-state index contributed by atoms with van der Waals surface area (Å²) in [6.45, 7) is 7.09. The summed E-state index contributed by atoms with van der Waals surface area (Å²) < 4.78 is 7.15. The molecule has 0 fully saturated rings. The van der Waals surface area contributed by atoms with E-state index in [9.17, 15) is 0 Å². The molecule has 0 radical (unpaired) electrons. The van der Waals surface area contributed by atoms with Gasteiger partial charge < -0.3 is 4.74 Å². The van der Waals surface area contributed by atoms with Crippen molar-refractivity contribution in [1.29, 1.82) is 0 Å². The second-order valence-corrected chi connectivity index (χ2v) is 2.75. The number of hydrogen-bond acceptors (Lipinski definition) is 2. The molecule has 0 aliphatic rings. The molecule has 0 amide bonds. The van der Waals surface area contributed by atoms with Gasteiger partial charge in [0, 0.05) is 12.1 Å². The van der Waals surface area contributed by atoms with Gasteiger partial charge in [-0.1, -0.05) is 6.92 Å². The standard InChI is InChI=1S/C9H16N2O/c1-5-8-7(3)9(12-4)11(6-2)10-8/h5-6H2,1-4H3. The fraction of sp³-hybridized carbons (Fsp3) is 0.667. The van der Waals surface area contributed by atoms with Gasteiger partial charge in [-0.3, -0.25) is 0 Å². The van der Waals surface area contributed by atoms with Crippen LogP contribution in [0.2, 0.25) is 0 Å². The van der Waals surface area contributed by atoms with Crippen LogP contribution in [0.15, 0.2) is 0 Å². The maximum Gasteiger partial charge on any atom is 0.214 e. The summed E-state index contributed by atoms with van der Waals surface area (Å²) in [5.74, 6) is 0.898. The number of aromatic nitrogens is 2. The van der Waals surface area contributed by atoms with Gasteiger partial charge in [0.2, 0.25) is 5.88 Å². The predicted molar refractivity (Wildman–Crippen MR) is 48.6 cm³/mol. The molecule has 1 aromatic heterocycles. The normalized spacial score (nSPS) is 10.3. The molecule has 0 atom stereocenters. The van der Waals surface area contributed by atoms with E-state index in [-0.39, 0.29) is 0 Å². The fourth-order valence-corrected chi connectivity index (χ4v) is 1.39. The van der Waals surface area contributed by atoms with Crippen LogP contribution in [0, 0.1) is 6.92 Å². The second kappa shape index (κ2) is 3.61. The first kappa shape index (κ1) is 9.10. The third-order valence-electron chi connectivity index (χ3n) is 2.06. The van der Waals surface area contributed by atoms with Gasteiger partial charge in [0.15, 0.2) is 0 Å². The molecule has 12 heavy (non-hydrogen) atoms. The number of aryl methyl sites for hydroxylation is 2. The van der Waals surface area contributed by atoms with Crippen LogP contribution in [-0.4, -0.2) is 16.9 Å². The van der Waals surface area contributed by atoms with E-state index in [0.717, 1.165) is 24.5 Å². The predicted octanol–water partition coefficient (Wildman–Crippen LogP) is 1.78. The van der Waals surface area contributed by atoms with Gasteiger partial charge >= 0.3 is 0 Å². The van der Waals surface area contributed by atoms with Crippen molar-refractivity contribution < 1.29 is 4.74 Å². The quantitative estimate of drug-likeness (QED) is 0.688. The lowest BCUT2D eigenvalue weighted by atomic mass is 10.2. The Balaban J connectivity index is 3.13. The molecule has 0 saturated carbocycles. The third kappa shape index (κ3) is 1.31. The number of rotatable bonds is 3. The first-order chi connectivity index (χ1) is 5.74. The summed E-state index contributed by atoms with van der Waals surface area (Å²) >= 11 is 0. The van der Waals surface area contributed by atoms with Crippen molar-refractivity contribution in [2.24, 2.45) is 0 Å². The van der Waals surface area contributed by atoms with Crippen LogP contribution >= 0.6 is 0 Å². The average Bonchev–Trinajstić information content (AvgIpc) is 2.41. The molecular formula is C9H16N2O. The van der Waals surface area contributed by atoms with Crippen LogP contribution < -0.4 is 4.74 Å². The number of nitrogens with zero attached hydrogens (tertiary/aromatic N) is 2. The van der Waals surface area contributed by atoms with Gasteiger partial charge in [-0.05, 0) is 20.3 Å². The van der Waals surface area contributed by atoms with E-state index in [4.69, 9.17) is 4.74 Å². The fourth-order valence-electron chi connectivity index (χ4n) is 1.39. The highest BCUT2D eigenvalue weighted by atomic mass is 16.5. The zero-order valence-corrected chi connectivity index (χ0v) is 8.22. The maximum absolute atomic E-state index is 5.25. The van der Waals surface area contributed by atoms with Crippen LogP contribution in [-0.2, 0) is 13.0 Å². The molecule has 0 aromatic carbocycles. The van der Waals surface area contributed by atoms with E-state index in [1.54, 1.807) is 7.11 Å². The van der Waals surface area contributed by atoms with Gasteiger partial charge in [0.25, 0.3) is 0 Å². The van der Waals surface area contributed by atoms with Crippen LogP contribution in [0.4, 0.5) is 0 Å². The molecule has 0 aliphatic heterocycles. The van der Waals surface area contributed by atoms with Crippen molar-refractivity contribution in [2.75, 3.05) is 7.11 Å². The molecule has 0 aliphatic carbocycles. The molecule has 1 rings (SSSR count). The molecule has 1 heterocycles. The third-order valence-corrected chi connectivity index (χ3v) is 2.06. The van der Waals surface area contributed by atoms with Crippen LogP contribution in [0.3, 0.4) is 0 Å². The van der Waals surface area contributed by atoms with Gasteiger partial charge in [0.05, 0.1) is 12.8 Å². The summed E-state index contributed by atoms with van der Waals surface area (Å²) in [5, 5.41) is 4.41. The summed E-state index contributed by atoms with van der Waals surface area (Å²) in [7, 11) is 1.69. The van der Waals surface area contributed by atoms with E-state index >= 15 is 0 Å². The Bertz CT molecular complexity index is 266. The largest absolute Gasteiger partial charge is 0.481 e. The minimum absolute atomic E-state index is 0.865. The van der Waals surface area contributed by atoms with Gasteiger partial charge in [-0.15, -0.1) is 0 Å². The smallest absolute Gasteiger partial charge is 0.214 e. The van der Waals surface area contributed by atoms with Crippen molar-refractivity contribution in [1.82, 2.24) is 9.78 Å². The molecule has 0 saturated heterocycles. The maximum atomic E-state index is 5.25. The lowest BCUT2D eigenvalue weighted by molar-refractivity contribution is 0.361. The van der Waals surface area contributed by atoms with Crippen molar-refractivity contribution in [3.8, 4) is 5.88 Å². The number of ether oxygens (including phenoxy) is 1. The van der Waals surface area contributed by atoms with Crippen LogP contribution in [0.5, 0.6) is 5.88 Å². The Morgan fingerprint density at radius 2 is 2.08 bits per heavy atom. The molecule has 0 bridgehead atoms. The molecule has 68 valence electrons. The molecule has 0 N–H and O–H groups in total. The SMILES string of the molecule is CCc1nn(CC)c(OC)c1C. The molecule has 0 spiro atoms. The van der Waals surface area contributed by atoms with Crippen LogP contribution in [0.25, 0.3) is 0 Å². The van der Waals surface area contributed by atoms with Gasteiger partial charge in [-0.2, -0.15) is 5.10 Å². The summed E-state index contributed by atoms with van der Waals surface area (Å²) in [6, 6.07) is 0. The highest BCUT2D eigenvalue weighted by Crippen LogP contribution is 2.20. The van der Waals surface area contributed by atoms with Crippen molar-refractivity contribution >= 4 is 0 Å². The van der Waals surface area contributed by atoms with E-state index in [2.05, 4.69) is 25.9 Å². The summed E-state index contributed by atoms with van der Waals surface area (Å²) in [6.07, 6.45) is 0.967. The molecule has 3 nitrogen and oxygen atoms in total. The molecule has 0 unspecified atom stereocenters. The summed E-state index contributed by atoms with van der Waals surface area (Å²) in [5.41, 5.74) is 2.30. The Morgan fingerprint density at radius 3 is 2.42 bits per heavy atom. The van der Waals surface area contributed by atoms with Crippen molar-refractivity contribution in [3.05, 3.63) is 11.3 Å². The first-order valence-electron chi connectivity index (χ1n) is 4.34. The van der Waals surface area contributed by atoms with E-state index in [1.165, 1.54) is 5.56 Å². The van der Waals surface area contributed by atoms with Gasteiger partial charge in [-0.25, -0.2) is 4.68 Å². The zero-order chi connectivity index (χ0) is 9.14. The minimum atomic E-state index is 0.865. The zero-order valence-electron chi connectivity index (χ0n) is 8.22. The molecule has 3 heteroatoms. The lowest BCUT2D eigenvalue weighted by Gasteiger charge is -2.02. The van der Waals surface area contributed by atoms with Gasteiger partial charge in [0.1, 0.15) is 0 Å². The van der Waals surface area contributed by atoms with E-state index in [1.807, 2.05) is 4.68 Å². The Kier molecular flexibility index (Phi) is 2.74. The number of hydrogen-bond donors (Lipinski definition) is 0. The Hall–Kier alpha value is -0.990. The number of methoxy groups -OCH3 is 1. The van der Waals surface area contributed by atoms with Crippen LogP contribution in [0.1, 0.15) is 25.1 Å². The molecular weight excluding hydrogens is 152 g/mol. The minimum Gasteiger partial charge on any atom is -0.481 e. The lowest BCUT2D eigenvalue weighted by Crippen LogP contribution is -2.00. The van der Waals surface area contributed by atoms with E-state index in [0.29, 0.717) is 0 Å². The average molecular weight is 168 g/mol. The Morgan fingerprint density at radius 1 is 1.42 bits per heavy atom. The highest BCUT2D eigenvalue weighted by molar-refractivity contribution is 5.30. The summed E-state index contributed by atoms with van der Waals surface area (Å²) in [4.78, 5) is 0. The molecule has 1 aromatic rings. The van der Waals surface area contributed by atoms with Crippen molar-refractivity contribution in [2.45, 2.75) is 33.7 Å². The topological polar surface area (TPSA) is 27.1 Å². The second-order valence-electron chi connectivity index (χ2n) is 2.75. The monoisotopic (exact) mass is 168 g/mol. The first-order valence-corrected chi connectivity index (χ1v) is 4.34.